The van der Waals surface area contributed by atoms with Gasteiger partial charge in [-0.15, -0.1) is 0 Å². The molecule has 1 saturated heterocycles. The van der Waals surface area contributed by atoms with Gasteiger partial charge >= 0.3 is 0 Å². The van der Waals surface area contributed by atoms with Crippen molar-refractivity contribution < 1.29 is 19.7 Å². The molecule has 134 valence electrons. The Kier molecular flexibility index (Phi) is 5.24. The second-order valence-electron chi connectivity index (χ2n) is 7.34. The minimum atomic E-state index is -1.15. The van der Waals surface area contributed by atoms with Crippen molar-refractivity contribution >= 4 is 0 Å². The molecular formula is C15H30N4O4. The Balaban J connectivity index is 1.62. The maximum Gasteiger partial charge on any atom is 0.173 e. The average molecular weight is 330 g/mol. The Hall–Kier alpha value is -0.320. The second-order valence-corrected chi connectivity index (χ2v) is 7.34. The van der Waals surface area contributed by atoms with Gasteiger partial charge in [0.05, 0.1) is 18.2 Å². The lowest BCUT2D eigenvalue weighted by molar-refractivity contribution is -0.256. The quantitative estimate of drug-likeness (QED) is 0.336. The van der Waals surface area contributed by atoms with E-state index in [-0.39, 0.29) is 18.2 Å². The molecule has 2 saturated carbocycles. The zero-order valence-corrected chi connectivity index (χ0v) is 13.3. The van der Waals surface area contributed by atoms with Crippen LogP contribution in [0.15, 0.2) is 0 Å². The number of aliphatic hydroxyl groups is 2. The van der Waals surface area contributed by atoms with Gasteiger partial charge in [-0.2, -0.15) is 0 Å². The van der Waals surface area contributed by atoms with Gasteiger partial charge in [-0.3, -0.25) is 0 Å². The van der Waals surface area contributed by atoms with Gasteiger partial charge < -0.3 is 42.6 Å². The highest BCUT2D eigenvalue weighted by Gasteiger charge is 2.45. The highest BCUT2D eigenvalue weighted by molar-refractivity contribution is 4.98. The van der Waals surface area contributed by atoms with Gasteiger partial charge in [-0.05, 0) is 38.0 Å². The van der Waals surface area contributed by atoms with Gasteiger partial charge in [0, 0.05) is 18.1 Å². The normalized spacial score (nSPS) is 49.8. The predicted octanol–water partition coefficient (Wildman–Crippen LogP) is -2.28. The van der Waals surface area contributed by atoms with Crippen molar-refractivity contribution in [2.75, 3.05) is 0 Å². The molecule has 0 unspecified atom stereocenters. The molecule has 0 aromatic heterocycles. The molecule has 0 spiro atoms. The molecule has 0 radical (unpaired) electrons. The maximum absolute atomic E-state index is 10.2. The van der Waals surface area contributed by atoms with E-state index in [0.29, 0.717) is 12.3 Å². The third-order valence-electron chi connectivity index (χ3n) is 5.42. The molecular weight excluding hydrogens is 300 g/mol. The summed E-state index contributed by atoms with van der Waals surface area (Å²) in [6.45, 7) is 0. The van der Waals surface area contributed by atoms with E-state index < -0.39 is 36.7 Å². The van der Waals surface area contributed by atoms with Crippen LogP contribution < -0.4 is 22.9 Å². The smallest absolute Gasteiger partial charge is 0.173 e. The van der Waals surface area contributed by atoms with Gasteiger partial charge in [0.1, 0.15) is 12.2 Å². The van der Waals surface area contributed by atoms with Crippen LogP contribution >= 0.6 is 0 Å². The van der Waals surface area contributed by atoms with Gasteiger partial charge in [0.25, 0.3) is 0 Å². The Labute approximate surface area is 136 Å². The SMILES string of the molecule is N[C@@H]1CC[C@@H]([C@H](N)C2CC2)O[C@@H]1O[C@H]1[C@H](O)[C@@H](O)[C@H](N)C[C@@H]1N. The van der Waals surface area contributed by atoms with Crippen molar-refractivity contribution in [1.29, 1.82) is 0 Å². The van der Waals surface area contributed by atoms with E-state index in [0.717, 1.165) is 25.7 Å². The molecule has 1 aliphatic heterocycles. The van der Waals surface area contributed by atoms with Crippen LogP contribution in [0, 0.1) is 5.92 Å². The maximum atomic E-state index is 10.2. The molecule has 8 heteroatoms. The summed E-state index contributed by atoms with van der Waals surface area (Å²) in [5.74, 6) is 0.525. The van der Waals surface area contributed by atoms with Crippen molar-refractivity contribution in [2.24, 2.45) is 28.9 Å². The highest BCUT2D eigenvalue weighted by Crippen LogP contribution is 2.36. The lowest BCUT2D eigenvalue weighted by Crippen LogP contribution is -2.64. The van der Waals surface area contributed by atoms with Crippen LogP contribution in [-0.2, 0) is 9.47 Å². The third-order valence-corrected chi connectivity index (χ3v) is 5.42. The summed E-state index contributed by atoms with van der Waals surface area (Å²) in [4.78, 5) is 0. The van der Waals surface area contributed by atoms with E-state index in [4.69, 9.17) is 32.4 Å². The van der Waals surface area contributed by atoms with Crippen LogP contribution in [0.3, 0.4) is 0 Å². The lowest BCUT2D eigenvalue weighted by Gasteiger charge is -2.44. The summed E-state index contributed by atoms with van der Waals surface area (Å²) >= 11 is 0. The summed E-state index contributed by atoms with van der Waals surface area (Å²) in [5, 5.41) is 20.2. The fraction of sp³-hybridized carbons (Fsp3) is 1.00. The topological polar surface area (TPSA) is 163 Å². The number of aliphatic hydroxyl groups excluding tert-OH is 2. The summed E-state index contributed by atoms with van der Waals surface area (Å²) in [6, 6.07) is -1.34. The third kappa shape index (κ3) is 3.69. The molecule has 9 atom stereocenters. The van der Waals surface area contributed by atoms with Crippen molar-refractivity contribution in [2.45, 2.75) is 87.0 Å². The first-order valence-electron chi connectivity index (χ1n) is 8.58. The average Bonchev–Trinajstić information content (AvgIpc) is 3.35. The van der Waals surface area contributed by atoms with Crippen molar-refractivity contribution in [3.05, 3.63) is 0 Å². The molecule has 0 aromatic carbocycles. The summed E-state index contributed by atoms with van der Waals surface area (Å²) < 4.78 is 11.8. The van der Waals surface area contributed by atoms with E-state index in [2.05, 4.69) is 0 Å². The largest absolute Gasteiger partial charge is 0.389 e. The van der Waals surface area contributed by atoms with Gasteiger partial charge in [-0.1, -0.05) is 0 Å². The number of rotatable bonds is 4. The standard InChI is InChI=1S/C15H30N4O4/c16-7-3-4-10(11(19)6-1-2-6)22-15(7)23-14-9(18)5-8(17)12(20)13(14)21/h6-15,20-21H,1-5,16-19H2/t7-,8-,9+,10+,11-,12+,13-,14-,15-/m1/s1. The van der Waals surface area contributed by atoms with Crippen LogP contribution in [0.2, 0.25) is 0 Å². The number of hydrogen-bond donors (Lipinski definition) is 6. The minimum Gasteiger partial charge on any atom is -0.389 e. The first-order valence-corrected chi connectivity index (χ1v) is 8.58. The van der Waals surface area contributed by atoms with E-state index in [1.807, 2.05) is 0 Å². The molecule has 2 aliphatic carbocycles. The van der Waals surface area contributed by atoms with Crippen molar-refractivity contribution in [3.63, 3.8) is 0 Å². The summed E-state index contributed by atoms with van der Waals surface area (Å²) in [5.41, 5.74) is 24.1. The monoisotopic (exact) mass is 330 g/mol. The van der Waals surface area contributed by atoms with E-state index >= 15 is 0 Å². The van der Waals surface area contributed by atoms with Crippen LogP contribution in [-0.4, -0.2) is 65.1 Å². The van der Waals surface area contributed by atoms with Crippen LogP contribution in [0.4, 0.5) is 0 Å². The van der Waals surface area contributed by atoms with Crippen LogP contribution in [0.25, 0.3) is 0 Å². The molecule has 0 amide bonds. The van der Waals surface area contributed by atoms with Crippen LogP contribution in [0.5, 0.6) is 0 Å². The predicted molar refractivity (Wildman–Crippen MR) is 84.0 cm³/mol. The van der Waals surface area contributed by atoms with Gasteiger partial charge in [0.2, 0.25) is 0 Å². The first-order chi connectivity index (χ1) is 10.9. The zero-order valence-electron chi connectivity index (χ0n) is 13.3. The number of hydrogen-bond acceptors (Lipinski definition) is 8. The molecule has 3 rings (SSSR count). The highest BCUT2D eigenvalue weighted by atomic mass is 16.7. The number of ether oxygens (including phenoxy) is 2. The Bertz CT molecular complexity index is 411. The zero-order chi connectivity index (χ0) is 16.7. The second kappa shape index (κ2) is 6.89. The first kappa shape index (κ1) is 17.5. The molecule has 23 heavy (non-hydrogen) atoms. The molecule has 3 fully saturated rings. The van der Waals surface area contributed by atoms with E-state index in [9.17, 15) is 10.2 Å². The van der Waals surface area contributed by atoms with Crippen LogP contribution in [0.1, 0.15) is 32.1 Å². The van der Waals surface area contributed by atoms with E-state index in [1.165, 1.54) is 0 Å². The fourth-order valence-electron chi connectivity index (χ4n) is 3.66. The minimum absolute atomic E-state index is 0.00225. The lowest BCUT2D eigenvalue weighted by atomic mass is 9.84. The molecule has 10 N–H and O–H groups in total. The molecule has 1 heterocycles. The summed E-state index contributed by atoms with van der Waals surface area (Å²) in [7, 11) is 0. The Morgan fingerprint density at radius 2 is 1.61 bits per heavy atom. The molecule has 0 aromatic rings. The number of nitrogens with two attached hydrogens (primary N) is 4. The Morgan fingerprint density at radius 1 is 0.913 bits per heavy atom. The van der Waals surface area contributed by atoms with Gasteiger partial charge in [0.15, 0.2) is 6.29 Å². The van der Waals surface area contributed by atoms with Gasteiger partial charge in [-0.25, -0.2) is 0 Å². The van der Waals surface area contributed by atoms with Crippen molar-refractivity contribution in [3.8, 4) is 0 Å². The molecule has 8 nitrogen and oxygen atoms in total. The van der Waals surface area contributed by atoms with Crippen molar-refractivity contribution in [1.82, 2.24) is 0 Å². The molecule has 0 bridgehead atoms. The molecule has 3 aliphatic rings. The fourth-order valence-corrected chi connectivity index (χ4v) is 3.66. The summed E-state index contributed by atoms with van der Waals surface area (Å²) in [6.07, 6.45) is 0.492. The van der Waals surface area contributed by atoms with E-state index in [1.54, 1.807) is 0 Å². The Morgan fingerprint density at radius 3 is 2.26 bits per heavy atom.